The third-order valence-electron chi connectivity index (χ3n) is 7.16. The van der Waals surface area contributed by atoms with E-state index in [1.54, 1.807) is 42.5 Å². The Morgan fingerprint density at radius 1 is 0.806 bits per heavy atom. The Morgan fingerprint density at radius 3 is 2.25 bits per heavy atom. The van der Waals surface area contributed by atoms with E-state index < -0.39 is 32.9 Å². The normalized spacial score (nSPS) is 18.6. The molecule has 0 bridgehead atoms. The Kier molecular flexibility index (Phi) is 5.37. The summed E-state index contributed by atoms with van der Waals surface area (Å²) in [4.78, 5) is 31.2. The van der Waals surface area contributed by atoms with E-state index in [1.807, 2.05) is 0 Å². The van der Waals surface area contributed by atoms with Gasteiger partial charge in [0.1, 0.15) is 17.3 Å². The Balaban J connectivity index is 1.39. The van der Waals surface area contributed by atoms with Crippen molar-refractivity contribution in [1.29, 1.82) is 0 Å². The van der Waals surface area contributed by atoms with Crippen LogP contribution in [0.2, 0.25) is 0 Å². The number of carbonyl (C=O) groups excluding carboxylic acids is 2. The first-order valence-electron chi connectivity index (χ1n) is 12.0. The van der Waals surface area contributed by atoms with Gasteiger partial charge in [0, 0.05) is 16.5 Å². The summed E-state index contributed by atoms with van der Waals surface area (Å²) in [6, 6.07) is 15.6. The van der Waals surface area contributed by atoms with Crippen LogP contribution in [0.15, 0.2) is 60.7 Å². The maximum Gasteiger partial charge on any atom is 0.312 e. The number of ketones is 2. The summed E-state index contributed by atoms with van der Waals surface area (Å²) in [6.07, 6.45) is 3.83. The van der Waals surface area contributed by atoms with Gasteiger partial charge < -0.3 is 4.18 Å². The number of hydrogen-bond acceptors (Lipinski definition) is 6. The first-order valence-corrected chi connectivity index (χ1v) is 13.4. The predicted molar refractivity (Wildman–Crippen MR) is 133 cm³/mol. The van der Waals surface area contributed by atoms with Crippen LogP contribution in [0.25, 0.3) is 21.7 Å². The summed E-state index contributed by atoms with van der Waals surface area (Å²) in [7, 11) is -3.86. The molecule has 1 atom stereocenters. The van der Waals surface area contributed by atoms with Gasteiger partial charge in [0.15, 0.2) is 17.3 Å². The smallest absolute Gasteiger partial charge is 0.312 e. The van der Waals surface area contributed by atoms with Crippen LogP contribution in [0, 0.1) is 5.82 Å². The number of nitrogens with zero attached hydrogens (tertiary/aromatic N) is 1. The summed E-state index contributed by atoms with van der Waals surface area (Å²) in [6.45, 7) is 0. The minimum Gasteiger partial charge on any atom is -0.380 e. The molecular weight excluding hydrogens is 481 g/mol. The Morgan fingerprint density at radius 2 is 1.50 bits per heavy atom. The molecule has 1 heterocycles. The molecule has 8 heteroatoms. The number of carbonyl (C=O) groups is 2. The number of Topliss-reactive ketones (excluding diaryl/α,β-unsaturated/α-hetero) is 2. The molecular formula is C28H22FNO5S. The van der Waals surface area contributed by atoms with Crippen LogP contribution in [0.3, 0.4) is 0 Å². The van der Waals surface area contributed by atoms with E-state index in [2.05, 4.69) is 4.98 Å². The summed E-state index contributed by atoms with van der Waals surface area (Å²) in [5.41, 5.74) is 0.998. The molecule has 6 nitrogen and oxygen atoms in total. The van der Waals surface area contributed by atoms with Crippen molar-refractivity contribution in [3.63, 3.8) is 0 Å². The highest BCUT2D eigenvalue weighted by Crippen LogP contribution is 2.37. The fraction of sp³-hybridized carbons (Fsp3) is 0.250. The van der Waals surface area contributed by atoms with Crippen molar-refractivity contribution in [1.82, 2.24) is 4.98 Å². The average Bonchev–Trinajstić information content (AvgIpc) is 3.12. The zero-order valence-corrected chi connectivity index (χ0v) is 20.1. The molecule has 1 unspecified atom stereocenters. The Hall–Kier alpha value is -3.65. The molecule has 1 aromatic heterocycles. The second-order valence-corrected chi connectivity index (χ2v) is 11.3. The van der Waals surface area contributed by atoms with E-state index in [9.17, 15) is 22.4 Å². The maximum absolute atomic E-state index is 13.7. The molecule has 1 fully saturated rings. The quantitative estimate of drug-likeness (QED) is 0.261. The Bertz CT molecular complexity index is 1670. The minimum absolute atomic E-state index is 0.0801. The fourth-order valence-electron chi connectivity index (χ4n) is 5.28. The van der Waals surface area contributed by atoms with E-state index in [1.165, 1.54) is 18.2 Å². The van der Waals surface area contributed by atoms with E-state index in [-0.39, 0.29) is 33.9 Å². The van der Waals surface area contributed by atoms with Crippen molar-refractivity contribution < 1.29 is 26.6 Å². The van der Waals surface area contributed by atoms with Crippen LogP contribution in [0.5, 0.6) is 5.75 Å². The van der Waals surface area contributed by atoms with E-state index in [0.29, 0.717) is 29.0 Å². The first kappa shape index (κ1) is 22.8. The molecule has 4 aromatic rings. The van der Waals surface area contributed by atoms with Crippen LogP contribution in [-0.4, -0.2) is 30.2 Å². The molecule has 0 N–H and O–H groups in total. The lowest BCUT2D eigenvalue weighted by Gasteiger charge is -2.21. The number of benzene rings is 3. The molecule has 3 aromatic carbocycles. The number of aromatic nitrogens is 1. The number of para-hydroxylation sites is 1. The lowest BCUT2D eigenvalue weighted by molar-refractivity contribution is 0.0888. The van der Waals surface area contributed by atoms with Crippen LogP contribution >= 0.6 is 0 Å². The van der Waals surface area contributed by atoms with Crippen LogP contribution in [0.1, 0.15) is 64.4 Å². The summed E-state index contributed by atoms with van der Waals surface area (Å²) >= 11 is 0. The Labute approximate surface area is 207 Å². The number of hydrogen-bond donors (Lipinski definition) is 0. The summed E-state index contributed by atoms with van der Waals surface area (Å²) < 4.78 is 45.2. The van der Waals surface area contributed by atoms with Gasteiger partial charge in [-0.05, 0) is 60.0 Å². The molecule has 0 saturated heterocycles. The molecule has 182 valence electrons. The topological polar surface area (TPSA) is 90.4 Å². The minimum atomic E-state index is -3.86. The second-order valence-electron chi connectivity index (χ2n) is 9.45. The van der Waals surface area contributed by atoms with Gasteiger partial charge in [-0.15, -0.1) is 0 Å². The summed E-state index contributed by atoms with van der Waals surface area (Å²) in [5.74, 6) is -2.31. The monoisotopic (exact) mass is 503 g/mol. The maximum atomic E-state index is 13.7. The zero-order chi connectivity index (χ0) is 25.0. The summed E-state index contributed by atoms with van der Waals surface area (Å²) in [5, 5.41) is 1.26. The van der Waals surface area contributed by atoms with E-state index in [0.717, 1.165) is 19.3 Å². The van der Waals surface area contributed by atoms with Crippen molar-refractivity contribution in [3.8, 4) is 5.75 Å². The van der Waals surface area contributed by atoms with Crippen molar-refractivity contribution in [2.45, 2.75) is 43.3 Å². The highest BCUT2D eigenvalue weighted by Gasteiger charge is 2.41. The standard InChI is InChI=1S/C28H22FNO5S/c29-19-11-9-17-14-21-22(15-18(17)13-19)28(32)25(27(21)31)23-12-10-16-5-4-8-24(26(16)30-23)35-36(33,34)20-6-2-1-3-7-20/h4-5,8-15,20,25H,1-3,6-7H2. The highest BCUT2D eigenvalue weighted by molar-refractivity contribution is 7.87. The van der Waals surface area contributed by atoms with Crippen LogP contribution in [-0.2, 0) is 10.1 Å². The molecule has 6 rings (SSSR count). The number of pyridine rings is 1. The van der Waals surface area contributed by atoms with Gasteiger partial charge in [-0.25, -0.2) is 9.37 Å². The van der Waals surface area contributed by atoms with Gasteiger partial charge in [0.2, 0.25) is 0 Å². The molecule has 36 heavy (non-hydrogen) atoms. The number of halogens is 1. The van der Waals surface area contributed by atoms with Crippen molar-refractivity contribution in [3.05, 3.63) is 83.3 Å². The van der Waals surface area contributed by atoms with E-state index >= 15 is 0 Å². The largest absolute Gasteiger partial charge is 0.380 e. The van der Waals surface area contributed by atoms with Crippen molar-refractivity contribution >= 4 is 43.4 Å². The van der Waals surface area contributed by atoms with Crippen LogP contribution in [0.4, 0.5) is 4.39 Å². The van der Waals surface area contributed by atoms with Crippen molar-refractivity contribution in [2.24, 2.45) is 0 Å². The van der Waals surface area contributed by atoms with Crippen molar-refractivity contribution in [2.75, 3.05) is 0 Å². The molecule has 1 saturated carbocycles. The third-order valence-corrected chi connectivity index (χ3v) is 8.86. The van der Waals surface area contributed by atoms with Gasteiger partial charge in [0.05, 0.1) is 10.9 Å². The SMILES string of the molecule is O=C1c2cc3ccc(F)cc3cc2C(=O)C1c1ccc2cccc(OS(=O)(=O)C3CCCCC3)c2n1. The zero-order valence-electron chi connectivity index (χ0n) is 19.2. The number of fused-ring (bicyclic) bond motifs is 3. The molecule has 0 amide bonds. The highest BCUT2D eigenvalue weighted by atomic mass is 32.2. The first-order chi connectivity index (χ1) is 17.3. The lowest BCUT2D eigenvalue weighted by Crippen LogP contribution is -2.28. The average molecular weight is 504 g/mol. The molecule has 2 aliphatic rings. The molecule has 0 radical (unpaired) electrons. The predicted octanol–water partition coefficient (Wildman–Crippen LogP) is 5.73. The van der Waals surface area contributed by atoms with E-state index in [4.69, 9.17) is 4.18 Å². The molecule has 2 aliphatic carbocycles. The fourth-order valence-corrected chi connectivity index (χ4v) is 6.72. The van der Waals surface area contributed by atoms with Gasteiger partial charge in [-0.2, -0.15) is 8.42 Å². The van der Waals surface area contributed by atoms with Gasteiger partial charge >= 0.3 is 10.1 Å². The number of rotatable bonds is 4. The second kappa shape index (κ2) is 8.48. The molecule has 0 aliphatic heterocycles. The van der Waals surface area contributed by atoms with Crippen LogP contribution < -0.4 is 4.18 Å². The lowest BCUT2D eigenvalue weighted by atomic mass is 9.98. The van der Waals surface area contributed by atoms with Gasteiger partial charge in [-0.1, -0.05) is 43.5 Å². The molecule has 0 spiro atoms. The van der Waals surface area contributed by atoms with Gasteiger partial charge in [0.25, 0.3) is 0 Å². The van der Waals surface area contributed by atoms with Gasteiger partial charge in [-0.3, -0.25) is 9.59 Å². The third kappa shape index (κ3) is 3.76.